The van der Waals surface area contributed by atoms with Crippen LogP contribution < -0.4 is 0 Å². The minimum Gasteiger partial charge on any atom is -0.450 e. The molecule has 0 bridgehead atoms. The highest BCUT2D eigenvalue weighted by Gasteiger charge is 2.43. The molecule has 1 aromatic heterocycles. The summed E-state index contributed by atoms with van der Waals surface area (Å²) < 4.78 is 22.4. The zero-order chi connectivity index (χ0) is 18.4. The molecule has 2 nitrogen and oxygen atoms in total. The number of furan rings is 1. The smallest absolute Gasteiger partial charge is 0.245 e. The normalized spacial score (nSPS) is 16.1. The van der Waals surface area contributed by atoms with E-state index in [1.807, 2.05) is 31.5 Å². The van der Waals surface area contributed by atoms with E-state index in [2.05, 4.69) is 19.2 Å². The molecule has 0 saturated carbocycles. The summed E-state index contributed by atoms with van der Waals surface area (Å²) in [5, 5.41) is 0.391. The Morgan fingerprint density at radius 2 is 1.96 bits per heavy atom. The predicted octanol–water partition coefficient (Wildman–Crippen LogP) is 5.87. The van der Waals surface area contributed by atoms with Crippen LogP contribution in [0.15, 0.2) is 47.9 Å². The molecule has 0 amide bonds. The Labute approximate surface area is 152 Å². The van der Waals surface area contributed by atoms with Crippen molar-refractivity contribution in [3.63, 3.8) is 0 Å². The lowest BCUT2D eigenvalue weighted by Crippen LogP contribution is -2.27. The summed E-state index contributed by atoms with van der Waals surface area (Å²) in [4.78, 5) is 0. The summed E-state index contributed by atoms with van der Waals surface area (Å²) in [6, 6.07) is 6.65. The lowest BCUT2D eigenvalue weighted by atomic mass is 9.84. The third-order valence-electron chi connectivity index (χ3n) is 4.45. The van der Waals surface area contributed by atoms with Gasteiger partial charge in [-0.05, 0) is 38.1 Å². The molecule has 2 aromatic rings. The fraction of sp³-hybridized carbons (Fsp3) is 0.190. The molecule has 0 unspecified atom stereocenters. The Kier molecular flexibility index (Phi) is 4.29. The molecule has 0 N–H and O–H groups in total. The van der Waals surface area contributed by atoms with Gasteiger partial charge < -0.3 is 4.42 Å². The average molecular weight is 357 g/mol. The van der Waals surface area contributed by atoms with Gasteiger partial charge in [0.2, 0.25) is 11.4 Å². The average Bonchev–Trinajstić information content (AvgIpc) is 3.07. The number of allylic oxidation sites excluding steroid dienone is 1. The zero-order valence-corrected chi connectivity index (χ0v) is 15.3. The summed E-state index contributed by atoms with van der Waals surface area (Å²) in [5.41, 5.74) is 2.53. The second-order valence-corrected chi connectivity index (χ2v) is 7.00. The minimum absolute atomic E-state index is 0.338. The first kappa shape index (κ1) is 17.4. The second kappa shape index (κ2) is 6.16. The zero-order valence-electron chi connectivity index (χ0n) is 14.6. The Balaban J connectivity index is 2.21. The van der Waals surface area contributed by atoms with Crippen LogP contribution in [0.3, 0.4) is 0 Å². The summed E-state index contributed by atoms with van der Waals surface area (Å²) in [6.07, 6.45) is 5.44. The van der Waals surface area contributed by atoms with E-state index in [0.29, 0.717) is 22.1 Å². The molecule has 2 heterocycles. The Morgan fingerprint density at radius 1 is 1.24 bits per heavy atom. The third-order valence-corrected chi connectivity index (χ3v) is 4.77. The molecule has 0 radical (unpaired) electrons. The Morgan fingerprint density at radius 3 is 2.52 bits per heavy atom. The fourth-order valence-electron chi connectivity index (χ4n) is 3.37. The van der Waals surface area contributed by atoms with Crippen LogP contribution in [0.25, 0.3) is 17.8 Å². The van der Waals surface area contributed by atoms with E-state index in [1.165, 1.54) is 6.07 Å². The van der Waals surface area contributed by atoms with Gasteiger partial charge in [-0.1, -0.05) is 36.9 Å². The van der Waals surface area contributed by atoms with Gasteiger partial charge in [0.1, 0.15) is 18.6 Å². The molecule has 25 heavy (non-hydrogen) atoms. The summed E-state index contributed by atoms with van der Waals surface area (Å²) >= 11 is 6.31. The SMILES string of the molecule is C=Cc1cc(C2=CC(C)(C)C(c3c(F)cccc3Cl)=[N+]2C)oc1C=C. The first-order valence-corrected chi connectivity index (χ1v) is 8.35. The Hall–Kier alpha value is -2.39. The van der Waals surface area contributed by atoms with E-state index in [4.69, 9.17) is 16.0 Å². The highest BCUT2D eigenvalue weighted by molar-refractivity contribution is 6.34. The van der Waals surface area contributed by atoms with Gasteiger partial charge in [-0.2, -0.15) is 4.58 Å². The lowest BCUT2D eigenvalue weighted by Gasteiger charge is -2.16. The van der Waals surface area contributed by atoms with E-state index < -0.39 is 5.41 Å². The van der Waals surface area contributed by atoms with Crippen LogP contribution >= 0.6 is 11.6 Å². The lowest BCUT2D eigenvalue weighted by molar-refractivity contribution is -0.395. The number of nitrogens with zero attached hydrogens (tertiary/aromatic N) is 1. The van der Waals surface area contributed by atoms with Gasteiger partial charge in [-0.25, -0.2) is 4.39 Å². The van der Waals surface area contributed by atoms with Crippen molar-refractivity contribution in [1.82, 2.24) is 0 Å². The van der Waals surface area contributed by atoms with Crippen molar-refractivity contribution in [2.45, 2.75) is 13.8 Å². The molecular weight excluding hydrogens is 337 g/mol. The quantitative estimate of drug-likeness (QED) is 0.626. The van der Waals surface area contributed by atoms with Crippen LogP contribution in [-0.4, -0.2) is 17.3 Å². The van der Waals surface area contributed by atoms with Gasteiger partial charge >= 0.3 is 0 Å². The first-order chi connectivity index (χ1) is 11.8. The monoisotopic (exact) mass is 356 g/mol. The largest absolute Gasteiger partial charge is 0.450 e. The molecule has 1 aliphatic rings. The molecule has 0 atom stereocenters. The molecule has 0 saturated heterocycles. The maximum absolute atomic E-state index is 14.5. The van der Waals surface area contributed by atoms with E-state index >= 15 is 0 Å². The van der Waals surface area contributed by atoms with Crippen molar-refractivity contribution in [3.8, 4) is 0 Å². The Bertz CT molecular complexity index is 901. The first-order valence-electron chi connectivity index (χ1n) is 7.97. The van der Waals surface area contributed by atoms with Crippen LogP contribution in [0, 0.1) is 11.2 Å². The molecule has 128 valence electrons. The van der Waals surface area contributed by atoms with Gasteiger partial charge in [0.25, 0.3) is 0 Å². The number of benzene rings is 1. The van der Waals surface area contributed by atoms with Gasteiger partial charge in [-0.3, -0.25) is 0 Å². The number of hydrogen-bond donors (Lipinski definition) is 0. The number of hydrogen-bond acceptors (Lipinski definition) is 1. The van der Waals surface area contributed by atoms with Gasteiger partial charge in [0.05, 0.1) is 16.0 Å². The highest BCUT2D eigenvalue weighted by atomic mass is 35.5. The predicted molar refractivity (Wildman–Crippen MR) is 102 cm³/mol. The molecule has 4 heteroatoms. The van der Waals surface area contributed by atoms with Crippen LogP contribution in [0.2, 0.25) is 5.02 Å². The van der Waals surface area contributed by atoms with Crippen molar-refractivity contribution in [3.05, 3.63) is 77.0 Å². The van der Waals surface area contributed by atoms with Gasteiger partial charge in [0.15, 0.2) is 5.76 Å². The van der Waals surface area contributed by atoms with Crippen molar-refractivity contribution < 1.29 is 13.4 Å². The number of halogens is 2. The topological polar surface area (TPSA) is 16.1 Å². The van der Waals surface area contributed by atoms with Crippen molar-refractivity contribution in [1.29, 1.82) is 0 Å². The van der Waals surface area contributed by atoms with E-state index in [0.717, 1.165) is 17.0 Å². The van der Waals surface area contributed by atoms with Crippen molar-refractivity contribution in [2.75, 3.05) is 7.05 Å². The fourth-order valence-corrected chi connectivity index (χ4v) is 3.63. The highest BCUT2D eigenvalue weighted by Crippen LogP contribution is 2.39. The molecule has 3 rings (SSSR count). The number of rotatable bonds is 4. The standard InChI is InChI=1S/C21H20ClFNO/c1-6-13-11-18(25-17(13)7-2)16-12-21(3,4)20(24(16)5)19-14(22)9-8-10-15(19)23/h6-12H,1-2H2,3-5H3/q+1. The molecular formula is C21H20ClFNO+. The van der Waals surface area contributed by atoms with Crippen molar-refractivity contribution >= 4 is 35.2 Å². The van der Waals surface area contributed by atoms with Crippen LogP contribution in [-0.2, 0) is 0 Å². The van der Waals surface area contributed by atoms with Crippen LogP contribution in [0.1, 0.15) is 36.5 Å². The molecule has 0 fully saturated rings. The summed E-state index contributed by atoms with van der Waals surface area (Å²) in [5.74, 6) is 1.01. The second-order valence-electron chi connectivity index (χ2n) is 6.59. The van der Waals surface area contributed by atoms with E-state index in [-0.39, 0.29) is 5.82 Å². The van der Waals surface area contributed by atoms with Gasteiger partial charge in [0, 0.05) is 11.6 Å². The van der Waals surface area contributed by atoms with E-state index in [1.54, 1.807) is 24.3 Å². The molecule has 1 aromatic carbocycles. The third kappa shape index (κ3) is 2.79. The van der Waals surface area contributed by atoms with Gasteiger partial charge in [-0.15, -0.1) is 0 Å². The summed E-state index contributed by atoms with van der Waals surface area (Å²) in [7, 11) is 1.89. The minimum atomic E-state index is -0.411. The maximum Gasteiger partial charge on any atom is 0.245 e. The van der Waals surface area contributed by atoms with Crippen molar-refractivity contribution in [2.24, 2.45) is 5.41 Å². The molecule has 0 aliphatic carbocycles. The van der Waals surface area contributed by atoms with E-state index in [9.17, 15) is 4.39 Å². The molecule has 0 spiro atoms. The maximum atomic E-state index is 14.5. The van der Waals surface area contributed by atoms with Crippen LogP contribution in [0.4, 0.5) is 4.39 Å². The van der Waals surface area contributed by atoms with Crippen LogP contribution in [0.5, 0.6) is 0 Å². The summed E-state index contributed by atoms with van der Waals surface area (Å²) in [6.45, 7) is 11.6. The molecule has 1 aliphatic heterocycles.